The summed E-state index contributed by atoms with van der Waals surface area (Å²) in [5.74, 6) is 0.540. The molecule has 3 rings (SSSR count). The molecular formula is C20H20N2O2. The highest BCUT2D eigenvalue weighted by Gasteiger charge is 2.17. The maximum absolute atomic E-state index is 12.4. The third kappa shape index (κ3) is 3.71. The van der Waals surface area contributed by atoms with Gasteiger partial charge in [0.15, 0.2) is 0 Å². The van der Waals surface area contributed by atoms with E-state index in [-0.39, 0.29) is 11.9 Å². The van der Waals surface area contributed by atoms with E-state index in [1.807, 2.05) is 53.2 Å². The molecule has 0 aliphatic heterocycles. The van der Waals surface area contributed by atoms with Crippen molar-refractivity contribution in [2.24, 2.45) is 0 Å². The van der Waals surface area contributed by atoms with Crippen LogP contribution in [0.5, 0.6) is 5.75 Å². The summed E-state index contributed by atoms with van der Waals surface area (Å²) in [6.45, 7) is 2.94. The van der Waals surface area contributed by atoms with Crippen molar-refractivity contribution in [2.45, 2.75) is 25.8 Å². The highest BCUT2D eigenvalue weighted by atomic mass is 16.5. The summed E-state index contributed by atoms with van der Waals surface area (Å²) in [6.07, 6.45) is 6.47. The number of aromatic nitrogens is 2. The average Bonchev–Trinajstić information content (AvgIpc) is 3.14. The molecule has 1 unspecified atom stereocenters. The van der Waals surface area contributed by atoms with E-state index in [1.54, 1.807) is 24.7 Å². The smallest absolute Gasteiger partial charge is 0.343 e. The summed E-state index contributed by atoms with van der Waals surface area (Å²) in [6, 6.07) is 16.8. The SMILES string of the molecule is CCC(Cn1ccnc1)c1ccccc1OC(=O)c1ccccc1. The van der Waals surface area contributed by atoms with Gasteiger partial charge in [0.1, 0.15) is 5.75 Å². The van der Waals surface area contributed by atoms with Gasteiger partial charge in [-0.25, -0.2) is 9.78 Å². The molecule has 0 spiro atoms. The number of hydrogen-bond acceptors (Lipinski definition) is 3. The standard InChI is InChI=1S/C20H20N2O2/c1-2-16(14-22-13-12-21-15-22)18-10-6-7-11-19(18)24-20(23)17-8-4-3-5-9-17/h3-13,15-16H,2,14H2,1H3. The Morgan fingerprint density at radius 2 is 1.88 bits per heavy atom. The first-order chi connectivity index (χ1) is 11.8. The fraction of sp³-hybridized carbons (Fsp3) is 0.200. The van der Waals surface area contributed by atoms with Crippen LogP contribution in [0.15, 0.2) is 73.3 Å². The molecule has 1 atom stereocenters. The lowest BCUT2D eigenvalue weighted by molar-refractivity contribution is 0.0732. The number of nitrogens with zero attached hydrogens (tertiary/aromatic N) is 2. The number of rotatable bonds is 6. The Morgan fingerprint density at radius 1 is 1.12 bits per heavy atom. The average molecular weight is 320 g/mol. The Bertz CT molecular complexity index is 782. The lowest BCUT2D eigenvalue weighted by Gasteiger charge is -2.19. The molecule has 0 fully saturated rings. The molecule has 0 aliphatic carbocycles. The number of para-hydroxylation sites is 1. The van der Waals surface area contributed by atoms with Gasteiger partial charge in [-0.15, -0.1) is 0 Å². The molecule has 0 radical (unpaired) electrons. The zero-order valence-corrected chi connectivity index (χ0v) is 13.6. The van der Waals surface area contributed by atoms with E-state index in [0.29, 0.717) is 11.3 Å². The van der Waals surface area contributed by atoms with Crippen LogP contribution in [0, 0.1) is 0 Å². The number of hydrogen-bond donors (Lipinski definition) is 0. The fourth-order valence-corrected chi connectivity index (χ4v) is 2.74. The molecule has 4 heteroatoms. The molecule has 0 saturated heterocycles. The Labute approximate surface area is 141 Å². The molecule has 1 aromatic heterocycles. The van der Waals surface area contributed by atoms with Gasteiger partial charge in [-0.1, -0.05) is 43.3 Å². The van der Waals surface area contributed by atoms with Crippen LogP contribution in [0.25, 0.3) is 0 Å². The van der Waals surface area contributed by atoms with Crippen LogP contribution in [0.2, 0.25) is 0 Å². The van der Waals surface area contributed by atoms with Crippen molar-refractivity contribution in [1.29, 1.82) is 0 Å². The maximum Gasteiger partial charge on any atom is 0.343 e. The Hall–Kier alpha value is -2.88. The van der Waals surface area contributed by atoms with Crippen molar-refractivity contribution < 1.29 is 9.53 Å². The van der Waals surface area contributed by atoms with E-state index in [2.05, 4.69) is 11.9 Å². The van der Waals surface area contributed by atoms with Crippen LogP contribution in [0.4, 0.5) is 0 Å². The molecule has 3 aromatic rings. The van der Waals surface area contributed by atoms with Gasteiger partial charge in [0.2, 0.25) is 0 Å². The van der Waals surface area contributed by atoms with Crippen molar-refractivity contribution in [3.05, 3.63) is 84.4 Å². The topological polar surface area (TPSA) is 44.1 Å². The van der Waals surface area contributed by atoms with Gasteiger partial charge in [-0.2, -0.15) is 0 Å². The summed E-state index contributed by atoms with van der Waals surface area (Å²) in [5, 5.41) is 0. The van der Waals surface area contributed by atoms with Gasteiger partial charge in [0, 0.05) is 24.9 Å². The van der Waals surface area contributed by atoms with Crippen LogP contribution in [0.1, 0.15) is 35.2 Å². The van der Waals surface area contributed by atoms with E-state index >= 15 is 0 Å². The third-order valence-corrected chi connectivity index (χ3v) is 4.05. The van der Waals surface area contributed by atoms with Gasteiger partial charge in [-0.3, -0.25) is 0 Å². The first-order valence-corrected chi connectivity index (χ1v) is 8.10. The lowest BCUT2D eigenvalue weighted by Crippen LogP contribution is -2.13. The molecule has 1 heterocycles. The van der Waals surface area contributed by atoms with Crippen LogP contribution < -0.4 is 4.74 Å². The quantitative estimate of drug-likeness (QED) is 0.502. The second-order valence-electron chi connectivity index (χ2n) is 5.66. The molecule has 4 nitrogen and oxygen atoms in total. The van der Waals surface area contributed by atoms with Gasteiger partial charge in [0.25, 0.3) is 0 Å². The van der Waals surface area contributed by atoms with Crippen LogP contribution in [0.3, 0.4) is 0 Å². The first kappa shape index (κ1) is 16.0. The minimum atomic E-state index is -0.333. The molecule has 122 valence electrons. The highest BCUT2D eigenvalue weighted by Crippen LogP contribution is 2.30. The zero-order chi connectivity index (χ0) is 16.8. The predicted octanol–water partition coefficient (Wildman–Crippen LogP) is 4.30. The predicted molar refractivity (Wildman–Crippen MR) is 93.1 cm³/mol. The fourth-order valence-electron chi connectivity index (χ4n) is 2.74. The van der Waals surface area contributed by atoms with Gasteiger partial charge in [-0.05, 0) is 30.2 Å². The summed E-state index contributed by atoms with van der Waals surface area (Å²) in [5.41, 5.74) is 1.59. The van der Waals surface area contributed by atoms with Crippen molar-refractivity contribution in [3.8, 4) is 5.75 Å². The van der Waals surface area contributed by atoms with E-state index in [0.717, 1.165) is 18.5 Å². The molecule has 0 bridgehead atoms. The minimum Gasteiger partial charge on any atom is -0.423 e. The lowest BCUT2D eigenvalue weighted by atomic mass is 9.95. The molecule has 0 saturated carbocycles. The summed E-state index contributed by atoms with van der Waals surface area (Å²) in [4.78, 5) is 16.4. The third-order valence-electron chi connectivity index (χ3n) is 4.05. The van der Waals surface area contributed by atoms with Crippen molar-refractivity contribution in [1.82, 2.24) is 9.55 Å². The molecule has 0 amide bonds. The van der Waals surface area contributed by atoms with E-state index in [9.17, 15) is 4.79 Å². The monoisotopic (exact) mass is 320 g/mol. The number of ether oxygens (including phenoxy) is 1. The Morgan fingerprint density at radius 3 is 2.58 bits per heavy atom. The molecule has 24 heavy (non-hydrogen) atoms. The second kappa shape index (κ2) is 7.59. The van der Waals surface area contributed by atoms with Crippen molar-refractivity contribution in [2.75, 3.05) is 0 Å². The molecule has 0 aliphatic rings. The van der Waals surface area contributed by atoms with Crippen LogP contribution in [-0.4, -0.2) is 15.5 Å². The van der Waals surface area contributed by atoms with Crippen LogP contribution >= 0.6 is 0 Å². The van der Waals surface area contributed by atoms with E-state index in [4.69, 9.17) is 4.74 Å². The number of esters is 1. The van der Waals surface area contributed by atoms with Crippen LogP contribution in [-0.2, 0) is 6.54 Å². The molecular weight excluding hydrogens is 300 g/mol. The largest absolute Gasteiger partial charge is 0.423 e. The number of carbonyl (C=O) groups excluding carboxylic acids is 1. The van der Waals surface area contributed by atoms with Gasteiger partial charge >= 0.3 is 5.97 Å². The summed E-state index contributed by atoms with van der Waals surface area (Å²) in [7, 11) is 0. The van der Waals surface area contributed by atoms with E-state index in [1.165, 1.54) is 0 Å². The maximum atomic E-state index is 12.4. The van der Waals surface area contributed by atoms with E-state index < -0.39 is 0 Å². The van der Waals surface area contributed by atoms with Gasteiger partial charge < -0.3 is 9.30 Å². The number of imidazole rings is 1. The van der Waals surface area contributed by atoms with Crippen molar-refractivity contribution in [3.63, 3.8) is 0 Å². The first-order valence-electron chi connectivity index (χ1n) is 8.10. The zero-order valence-electron chi connectivity index (χ0n) is 13.6. The minimum absolute atomic E-state index is 0.249. The Balaban J connectivity index is 1.83. The summed E-state index contributed by atoms with van der Waals surface area (Å²) < 4.78 is 7.72. The number of carbonyl (C=O) groups is 1. The highest BCUT2D eigenvalue weighted by molar-refractivity contribution is 5.91. The van der Waals surface area contributed by atoms with Crippen molar-refractivity contribution >= 4 is 5.97 Å². The second-order valence-corrected chi connectivity index (χ2v) is 5.66. The number of benzene rings is 2. The summed E-state index contributed by atoms with van der Waals surface area (Å²) >= 11 is 0. The Kier molecular flexibility index (Phi) is 5.06. The van der Waals surface area contributed by atoms with Gasteiger partial charge in [0.05, 0.1) is 11.9 Å². The molecule has 0 N–H and O–H groups in total. The molecule has 2 aromatic carbocycles. The normalized spacial score (nSPS) is 11.9.